The van der Waals surface area contributed by atoms with E-state index >= 15 is 0 Å². The van der Waals surface area contributed by atoms with Crippen molar-refractivity contribution < 1.29 is 4.74 Å². The Balaban J connectivity index is 3.45. The van der Waals surface area contributed by atoms with E-state index in [0.717, 1.165) is 32.5 Å². The standard InChI is InChI=1S/C10H24N2O/c1-9(2)10(8-13-3)12-7-5-4-6-11/h9-10,12H,4-8,11H2,1-3H3. The predicted octanol–water partition coefficient (Wildman–Crippen LogP) is 0.986. The molecule has 1 unspecified atom stereocenters. The van der Waals surface area contributed by atoms with Gasteiger partial charge in [-0.25, -0.2) is 0 Å². The van der Waals surface area contributed by atoms with Crippen LogP contribution in [-0.2, 0) is 4.74 Å². The van der Waals surface area contributed by atoms with E-state index in [4.69, 9.17) is 10.5 Å². The maximum atomic E-state index is 5.41. The third kappa shape index (κ3) is 6.99. The van der Waals surface area contributed by atoms with Gasteiger partial charge in [-0.3, -0.25) is 0 Å². The minimum Gasteiger partial charge on any atom is -0.383 e. The zero-order chi connectivity index (χ0) is 10.1. The summed E-state index contributed by atoms with van der Waals surface area (Å²) in [6.07, 6.45) is 2.26. The molecule has 0 saturated carbocycles. The van der Waals surface area contributed by atoms with E-state index in [9.17, 15) is 0 Å². The molecule has 0 radical (unpaired) electrons. The molecular formula is C10H24N2O. The van der Waals surface area contributed by atoms with E-state index in [1.807, 2.05) is 0 Å². The summed E-state index contributed by atoms with van der Waals surface area (Å²) in [6.45, 7) is 7.04. The molecule has 0 aromatic heterocycles. The molecule has 0 aliphatic rings. The lowest BCUT2D eigenvalue weighted by Crippen LogP contribution is -2.38. The second-order valence-electron chi connectivity index (χ2n) is 3.76. The zero-order valence-corrected chi connectivity index (χ0v) is 9.18. The van der Waals surface area contributed by atoms with Crippen LogP contribution >= 0.6 is 0 Å². The molecule has 1 atom stereocenters. The summed E-state index contributed by atoms with van der Waals surface area (Å²) < 4.78 is 5.14. The summed E-state index contributed by atoms with van der Waals surface area (Å²) in [5.41, 5.74) is 5.41. The van der Waals surface area contributed by atoms with Crippen LogP contribution in [0.3, 0.4) is 0 Å². The first-order valence-corrected chi connectivity index (χ1v) is 5.14. The lowest BCUT2D eigenvalue weighted by molar-refractivity contribution is 0.147. The molecule has 0 saturated heterocycles. The Labute approximate surface area is 82.0 Å². The predicted molar refractivity (Wildman–Crippen MR) is 56.8 cm³/mol. The Bertz CT molecular complexity index is 107. The van der Waals surface area contributed by atoms with Crippen molar-refractivity contribution >= 4 is 0 Å². The quantitative estimate of drug-likeness (QED) is 0.558. The normalized spacial score (nSPS) is 13.6. The summed E-state index contributed by atoms with van der Waals surface area (Å²) in [7, 11) is 1.75. The Morgan fingerprint density at radius 1 is 1.31 bits per heavy atom. The van der Waals surface area contributed by atoms with Gasteiger partial charge in [-0.1, -0.05) is 13.8 Å². The van der Waals surface area contributed by atoms with Gasteiger partial charge in [0.05, 0.1) is 6.61 Å². The van der Waals surface area contributed by atoms with Crippen LogP contribution in [0.1, 0.15) is 26.7 Å². The summed E-state index contributed by atoms with van der Waals surface area (Å²) in [6, 6.07) is 0.475. The topological polar surface area (TPSA) is 47.3 Å². The van der Waals surface area contributed by atoms with Crippen molar-refractivity contribution in [1.29, 1.82) is 0 Å². The van der Waals surface area contributed by atoms with Crippen LogP contribution in [-0.4, -0.2) is 32.8 Å². The zero-order valence-electron chi connectivity index (χ0n) is 9.18. The molecule has 0 amide bonds. The van der Waals surface area contributed by atoms with Crippen LogP contribution in [0.5, 0.6) is 0 Å². The van der Waals surface area contributed by atoms with Gasteiger partial charge in [-0.15, -0.1) is 0 Å². The lowest BCUT2D eigenvalue weighted by Gasteiger charge is -2.21. The van der Waals surface area contributed by atoms with Crippen LogP contribution in [0, 0.1) is 5.92 Å². The van der Waals surface area contributed by atoms with Crippen molar-refractivity contribution in [3.05, 3.63) is 0 Å². The molecule has 13 heavy (non-hydrogen) atoms. The van der Waals surface area contributed by atoms with Gasteiger partial charge < -0.3 is 15.8 Å². The van der Waals surface area contributed by atoms with E-state index in [2.05, 4.69) is 19.2 Å². The van der Waals surface area contributed by atoms with Crippen LogP contribution in [0.4, 0.5) is 0 Å². The first kappa shape index (κ1) is 12.9. The highest BCUT2D eigenvalue weighted by atomic mass is 16.5. The second kappa shape index (κ2) is 8.48. The monoisotopic (exact) mass is 188 g/mol. The van der Waals surface area contributed by atoms with Gasteiger partial charge in [0.1, 0.15) is 0 Å². The average Bonchev–Trinajstić information content (AvgIpc) is 2.10. The van der Waals surface area contributed by atoms with Crippen molar-refractivity contribution in [3.8, 4) is 0 Å². The number of unbranched alkanes of at least 4 members (excludes halogenated alkanes) is 1. The van der Waals surface area contributed by atoms with Crippen LogP contribution in [0.2, 0.25) is 0 Å². The van der Waals surface area contributed by atoms with Crippen molar-refractivity contribution in [1.82, 2.24) is 5.32 Å². The molecule has 80 valence electrons. The summed E-state index contributed by atoms with van der Waals surface area (Å²) >= 11 is 0. The highest BCUT2D eigenvalue weighted by Crippen LogP contribution is 2.01. The van der Waals surface area contributed by atoms with E-state index in [1.54, 1.807) is 7.11 Å². The molecule has 0 aliphatic carbocycles. The Morgan fingerprint density at radius 3 is 2.46 bits per heavy atom. The molecule has 3 heteroatoms. The van der Waals surface area contributed by atoms with Crippen molar-refractivity contribution in [3.63, 3.8) is 0 Å². The summed E-state index contributed by atoms with van der Waals surface area (Å²) in [5.74, 6) is 0.623. The van der Waals surface area contributed by atoms with E-state index < -0.39 is 0 Å². The highest BCUT2D eigenvalue weighted by molar-refractivity contribution is 4.69. The van der Waals surface area contributed by atoms with E-state index in [1.165, 1.54) is 0 Å². The third-order valence-electron chi connectivity index (χ3n) is 2.19. The Kier molecular flexibility index (Phi) is 8.40. The molecule has 3 nitrogen and oxygen atoms in total. The Morgan fingerprint density at radius 2 is 2.00 bits per heavy atom. The number of hydrogen-bond acceptors (Lipinski definition) is 3. The maximum absolute atomic E-state index is 5.41. The highest BCUT2D eigenvalue weighted by Gasteiger charge is 2.10. The van der Waals surface area contributed by atoms with Crippen molar-refractivity contribution in [2.75, 3.05) is 26.8 Å². The Hall–Kier alpha value is -0.120. The van der Waals surface area contributed by atoms with Crippen LogP contribution < -0.4 is 11.1 Å². The van der Waals surface area contributed by atoms with E-state index in [0.29, 0.717) is 12.0 Å². The molecule has 0 bridgehead atoms. The van der Waals surface area contributed by atoms with Gasteiger partial charge in [-0.2, -0.15) is 0 Å². The molecule has 0 heterocycles. The third-order valence-corrected chi connectivity index (χ3v) is 2.19. The number of hydrogen-bond donors (Lipinski definition) is 2. The number of methoxy groups -OCH3 is 1. The SMILES string of the molecule is COCC(NCCCCN)C(C)C. The van der Waals surface area contributed by atoms with Gasteiger partial charge in [0.25, 0.3) is 0 Å². The number of rotatable bonds is 8. The molecule has 0 rings (SSSR count). The smallest absolute Gasteiger partial charge is 0.0618 e. The lowest BCUT2D eigenvalue weighted by atomic mass is 10.1. The molecular weight excluding hydrogens is 164 g/mol. The summed E-state index contributed by atoms with van der Waals surface area (Å²) in [5, 5.41) is 3.47. The average molecular weight is 188 g/mol. The fourth-order valence-electron chi connectivity index (χ4n) is 1.22. The van der Waals surface area contributed by atoms with Crippen LogP contribution in [0.25, 0.3) is 0 Å². The molecule has 0 aromatic rings. The first-order valence-electron chi connectivity index (χ1n) is 5.14. The molecule has 0 aromatic carbocycles. The second-order valence-corrected chi connectivity index (χ2v) is 3.76. The minimum atomic E-state index is 0.475. The molecule has 0 aliphatic heterocycles. The molecule has 0 spiro atoms. The largest absolute Gasteiger partial charge is 0.383 e. The number of nitrogens with two attached hydrogens (primary N) is 1. The maximum Gasteiger partial charge on any atom is 0.0618 e. The van der Waals surface area contributed by atoms with Crippen molar-refractivity contribution in [2.45, 2.75) is 32.7 Å². The fourth-order valence-corrected chi connectivity index (χ4v) is 1.22. The molecule has 3 N–H and O–H groups in total. The number of ether oxygens (including phenoxy) is 1. The van der Waals surface area contributed by atoms with Gasteiger partial charge >= 0.3 is 0 Å². The van der Waals surface area contributed by atoms with Gasteiger partial charge in [0, 0.05) is 13.2 Å². The van der Waals surface area contributed by atoms with Gasteiger partial charge in [-0.05, 0) is 31.8 Å². The van der Waals surface area contributed by atoms with E-state index in [-0.39, 0.29) is 0 Å². The van der Waals surface area contributed by atoms with Gasteiger partial charge in [0.2, 0.25) is 0 Å². The fraction of sp³-hybridized carbons (Fsp3) is 1.00. The van der Waals surface area contributed by atoms with Crippen molar-refractivity contribution in [2.24, 2.45) is 11.7 Å². The van der Waals surface area contributed by atoms with Crippen LogP contribution in [0.15, 0.2) is 0 Å². The summed E-state index contributed by atoms with van der Waals surface area (Å²) in [4.78, 5) is 0. The van der Waals surface area contributed by atoms with Gasteiger partial charge in [0.15, 0.2) is 0 Å². The minimum absolute atomic E-state index is 0.475. The molecule has 0 fully saturated rings. The number of nitrogens with one attached hydrogen (secondary N) is 1. The first-order chi connectivity index (χ1) is 6.22.